The smallest absolute Gasteiger partial charge is 0.242 e. The molecule has 2 rings (SSSR count). The Morgan fingerprint density at radius 1 is 1.37 bits per heavy atom. The number of anilines is 1. The topological polar surface area (TPSA) is 75.4 Å². The normalized spacial score (nSPS) is 25.4. The van der Waals surface area contributed by atoms with Crippen LogP contribution in [-0.2, 0) is 10.0 Å². The van der Waals surface area contributed by atoms with Crippen LogP contribution in [0.2, 0.25) is 0 Å². The first kappa shape index (κ1) is 14.3. The summed E-state index contributed by atoms with van der Waals surface area (Å²) < 4.78 is 27.5. The van der Waals surface area contributed by atoms with Gasteiger partial charge in [-0.05, 0) is 38.1 Å². The number of nitrogens with zero attached hydrogens (tertiary/aromatic N) is 1. The molecule has 1 aromatic carbocycles. The molecule has 1 aliphatic rings. The van der Waals surface area contributed by atoms with Gasteiger partial charge in [-0.15, -0.1) is 0 Å². The predicted octanol–water partition coefficient (Wildman–Crippen LogP) is 0.887. The van der Waals surface area contributed by atoms with Gasteiger partial charge in [-0.25, -0.2) is 13.1 Å². The molecule has 0 bridgehead atoms. The second-order valence-corrected chi connectivity index (χ2v) is 6.98. The van der Waals surface area contributed by atoms with E-state index in [1.165, 1.54) is 6.07 Å². The summed E-state index contributed by atoms with van der Waals surface area (Å²) in [5.74, 6) is 0.290. The van der Waals surface area contributed by atoms with Gasteiger partial charge in [-0.2, -0.15) is 0 Å². The van der Waals surface area contributed by atoms with Crippen LogP contribution in [-0.4, -0.2) is 39.5 Å². The Labute approximate surface area is 114 Å². The molecule has 1 saturated heterocycles. The fourth-order valence-electron chi connectivity index (χ4n) is 2.52. The number of benzene rings is 1. The Balaban J connectivity index is 2.16. The van der Waals surface area contributed by atoms with Crippen molar-refractivity contribution in [2.75, 3.05) is 25.9 Å². The molecule has 0 aromatic heterocycles. The second kappa shape index (κ2) is 5.48. The van der Waals surface area contributed by atoms with E-state index < -0.39 is 10.0 Å². The zero-order valence-electron chi connectivity index (χ0n) is 11.3. The van der Waals surface area contributed by atoms with Gasteiger partial charge in [-0.1, -0.05) is 19.1 Å². The Hall–Kier alpha value is -1.11. The SMILES string of the molecule is CC1CN(C)CCC1NS(=O)(=O)c1ccccc1N. The number of hydrogen-bond acceptors (Lipinski definition) is 4. The van der Waals surface area contributed by atoms with Crippen molar-refractivity contribution in [3.8, 4) is 0 Å². The highest BCUT2D eigenvalue weighted by atomic mass is 32.2. The van der Waals surface area contributed by atoms with Crippen LogP contribution in [0.5, 0.6) is 0 Å². The highest BCUT2D eigenvalue weighted by molar-refractivity contribution is 7.89. The van der Waals surface area contributed by atoms with Gasteiger partial charge in [0.15, 0.2) is 0 Å². The number of rotatable bonds is 3. The third-order valence-corrected chi connectivity index (χ3v) is 5.19. The average Bonchev–Trinajstić information content (AvgIpc) is 2.33. The van der Waals surface area contributed by atoms with E-state index in [4.69, 9.17) is 5.73 Å². The average molecular weight is 283 g/mol. The summed E-state index contributed by atoms with van der Waals surface area (Å²) in [6, 6.07) is 6.53. The van der Waals surface area contributed by atoms with Gasteiger partial charge in [-0.3, -0.25) is 0 Å². The molecule has 19 heavy (non-hydrogen) atoms. The van der Waals surface area contributed by atoms with Gasteiger partial charge < -0.3 is 10.6 Å². The van der Waals surface area contributed by atoms with Crippen LogP contribution in [0.3, 0.4) is 0 Å². The summed E-state index contributed by atoms with van der Waals surface area (Å²) in [5, 5.41) is 0. The molecule has 1 aliphatic heterocycles. The molecule has 5 nitrogen and oxygen atoms in total. The van der Waals surface area contributed by atoms with Crippen molar-refractivity contribution in [2.45, 2.75) is 24.3 Å². The largest absolute Gasteiger partial charge is 0.398 e. The van der Waals surface area contributed by atoms with E-state index in [-0.39, 0.29) is 16.6 Å². The third kappa shape index (κ3) is 3.26. The summed E-state index contributed by atoms with van der Waals surface area (Å²) >= 11 is 0. The number of nitrogens with two attached hydrogens (primary N) is 1. The molecule has 2 atom stereocenters. The van der Waals surface area contributed by atoms with E-state index in [1.807, 2.05) is 0 Å². The molecule has 1 aromatic rings. The second-order valence-electron chi connectivity index (χ2n) is 5.29. The maximum absolute atomic E-state index is 12.3. The molecule has 106 valence electrons. The third-order valence-electron chi connectivity index (χ3n) is 3.62. The van der Waals surface area contributed by atoms with Crippen LogP contribution in [0.15, 0.2) is 29.2 Å². The Bertz CT molecular complexity index is 545. The minimum Gasteiger partial charge on any atom is -0.398 e. The number of nitrogen functional groups attached to an aromatic ring is 1. The number of para-hydroxylation sites is 1. The van der Waals surface area contributed by atoms with Crippen LogP contribution in [0.25, 0.3) is 0 Å². The first-order valence-electron chi connectivity index (χ1n) is 6.45. The van der Waals surface area contributed by atoms with Crippen LogP contribution in [0, 0.1) is 5.92 Å². The molecule has 0 saturated carbocycles. The van der Waals surface area contributed by atoms with Gasteiger partial charge in [0.25, 0.3) is 0 Å². The van der Waals surface area contributed by atoms with Crippen molar-refractivity contribution in [3.63, 3.8) is 0 Å². The summed E-state index contributed by atoms with van der Waals surface area (Å²) in [6.07, 6.45) is 0.823. The fraction of sp³-hybridized carbons (Fsp3) is 0.538. The fourth-order valence-corrected chi connectivity index (χ4v) is 4.03. The lowest BCUT2D eigenvalue weighted by Crippen LogP contribution is -2.48. The lowest BCUT2D eigenvalue weighted by molar-refractivity contribution is 0.188. The van der Waals surface area contributed by atoms with Crippen molar-refractivity contribution >= 4 is 15.7 Å². The van der Waals surface area contributed by atoms with E-state index in [0.717, 1.165) is 19.5 Å². The van der Waals surface area contributed by atoms with Crippen molar-refractivity contribution in [1.82, 2.24) is 9.62 Å². The molecular formula is C13H21N3O2S. The van der Waals surface area contributed by atoms with Gasteiger partial charge in [0.05, 0.1) is 5.69 Å². The van der Waals surface area contributed by atoms with E-state index in [0.29, 0.717) is 5.92 Å². The van der Waals surface area contributed by atoms with E-state index in [2.05, 4.69) is 23.6 Å². The van der Waals surface area contributed by atoms with E-state index >= 15 is 0 Å². The van der Waals surface area contributed by atoms with E-state index in [1.54, 1.807) is 18.2 Å². The minimum atomic E-state index is -3.53. The van der Waals surface area contributed by atoms with Crippen LogP contribution < -0.4 is 10.5 Å². The Morgan fingerprint density at radius 2 is 2.05 bits per heavy atom. The first-order valence-corrected chi connectivity index (χ1v) is 7.94. The molecule has 0 radical (unpaired) electrons. The van der Waals surface area contributed by atoms with E-state index in [9.17, 15) is 8.42 Å². The number of piperidine rings is 1. The number of hydrogen-bond donors (Lipinski definition) is 2. The molecule has 3 N–H and O–H groups in total. The van der Waals surface area contributed by atoms with Crippen LogP contribution in [0.1, 0.15) is 13.3 Å². The molecule has 0 aliphatic carbocycles. The number of sulfonamides is 1. The van der Waals surface area contributed by atoms with Gasteiger partial charge in [0.1, 0.15) is 4.90 Å². The van der Waals surface area contributed by atoms with Gasteiger partial charge in [0.2, 0.25) is 10.0 Å². The summed E-state index contributed by atoms with van der Waals surface area (Å²) in [6.45, 7) is 3.87. The minimum absolute atomic E-state index is 0.0270. The first-order chi connectivity index (χ1) is 8.90. The lowest BCUT2D eigenvalue weighted by atomic mass is 9.95. The predicted molar refractivity (Wildman–Crippen MR) is 76.2 cm³/mol. The molecule has 1 fully saturated rings. The highest BCUT2D eigenvalue weighted by Crippen LogP contribution is 2.21. The standard InChI is InChI=1S/C13H21N3O2S/c1-10-9-16(2)8-7-12(10)15-19(17,18)13-6-4-3-5-11(13)14/h3-6,10,12,15H,7-9,14H2,1-2H3. The van der Waals surface area contributed by atoms with Gasteiger partial charge in [0, 0.05) is 12.6 Å². The monoisotopic (exact) mass is 283 g/mol. The lowest BCUT2D eigenvalue weighted by Gasteiger charge is -2.35. The molecule has 2 unspecified atom stereocenters. The van der Waals surface area contributed by atoms with Crippen LogP contribution >= 0.6 is 0 Å². The summed E-state index contributed by atoms with van der Waals surface area (Å²) in [7, 11) is -1.48. The Morgan fingerprint density at radius 3 is 2.68 bits per heavy atom. The quantitative estimate of drug-likeness (QED) is 0.808. The van der Waals surface area contributed by atoms with Gasteiger partial charge >= 0.3 is 0 Å². The zero-order valence-corrected chi connectivity index (χ0v) is 12.2. The zero-order chi connectivity index (χ0) is 14.0. The molecule has 0 spiro atoms. The Kier molecular flexibility index (Phi) is 4.13. The number of likely N-dealkylation sites (tertiary alicyclic amines) is 1. The van der Waals surface area contributed by atoms with Crippen molar-refractivity contribution in [1.29, 1.82) is 0 Å². The maximum Gasteiger partial charge on any atom is 0.242 e. The summed E-state index contributed by atoms with van der Waals surface area (Å²) in [4.78, 5) is 2.38. The molecular weight excluding hydrogens is 262 g/mol. The van der Waals surface area contributed by atoms with Crippen molar-refractivity contribution in [3.05, 3.63) is 24.3 Å². The molecule has 1 heterocycles. The number of nitrogens with one attached hydrogen (secondary N) is 1. The molecule has 6 heteroatoms. The summed E-state index contributed by atoms with van der Waals surface area (Å²) in [5.41, 5.74) is 6.03. The van der Waals surface area contributed by atoms with Crippen molar-refractivity contribution in [2.24, 2.45) is 5.92 Å². The highest BCUT2D eigenvalue weighted by Gasteiger charge is 2.29. The maximum atomic E-state index is 12.3. The van der Waals surface area contributed by atoms with Crippen molar-refractivity contribution < 1.29 is 8.42 Å². The molecule has 0 amide bonds. The van der Waals surface area contributed by atoms with Crippen LogP contribution in [0.4, 0.5) is 5.69 Å².